The van der Waals surface area contributed by atoms with E-state index in [0.717, 1.165) is 17.0 Å². The van der Waals surface area contributed by atoms with Crippen LogP contribution in [0.1, 0.15) is 16.2 Å². The number of aryl methyl sites for hydroxylation is 1. The molecule has 0 saturated carbocycles. The smallest absolute Gasteiger partial charge is 0.276 e. The number of nitrogens with one attached hydrogen (secondary N) is 1. The molecule has 138 valence electrons. The van der Waals surface area contributed by atoms with Crippen LogP contribution in [0.2, 0.25) is 0 Å². The Balaban J connectivity index is 1.66. The molecule has 0 saturated heterocycles. The summed E-state index contributed by atoms with van der Waals surface area (Å²) in [6, 6.07) is 3.49. The number of hydrogen-bond donors (Lipinski definition) is 1. The zero-order chi connectivity index (χ0) is 19.0. The summed E-state index contributed by atoms with van der Waals surface area (Å²) >= 11 is 0. The van der Waals surface area contributed by atoms with Gasteiger partial charge in [-0.1, -0.05) is 0 Å². The molecule has 0 spiro atoms. The molecule has 0 unspecified atom stereocenters. The van der Waals surface area contributed by atoms with E-state index in [9.17, 15) is 4.79 Å². The van der Waals surface area contributed by atoms with Crippen LogP contribution in [0, 0.1) is 6.92 Å². The van der Waals surface area contributed by atoms with E-state index < -0.39 is 0 Å². The summed E-state index contributed by atoms with van der Waals surface area (Å²) in [5.74, 6) is -0.341. The molecule has 0 radical (unpaired) electrons. The second-order valence-corrected chi connectivity index (χ2v) is 6.04. The standard InChI is InChI=1S/C17H18N8O2/c1-11-13(8-19-23(11)2)15-4-5-18-16-6-14(22-25(15)16)17(26)21-12-7-20-24(9-12)10-27-3/h4-9H,10H2,1-3H3,(H,21,26). The fraction of sp³-hybridized carbons (Fsp3) is 0.235. The van der Waals surface area contributed by atoms with Gasteiger partial charge in [-0.05, 0) is 13.0 Å². The first-order valence-electron chi connectivity index (χ1n) is 8.23. The molecule has 0 aromatic carbocycles. The number of methoxy groups -OCH3 is 1. The van der Waals surface area contributed by atoms with Gasteiger partial charge in [0.25, 0.3) is 5.91 Å². The second kappa shape index (κ2) is 6.65. The Hall–Kier alpha value is -3.53. The van der Waals surface area contributed by atoms with E-state index in [1.807, 2.05) is 20.0 Å². The largest absolute Gasteiger partial charge is 0.362 e. The molecule has 4 aromatic heterocycles. The summed E-state index contributed by atoms with van der Waals surface area (Å²) in [6.07, 6.45) is 6.69. The van der Waals surface area contributed by atoms with Gasteiger partial charge in [-0.15, -0.1) is 0 Å². The molecule has 27 heavy (non-hydrogen) atoms. The van der Waals surface area contributed by atoms with Crippen molar-refractivity contribution in [1.82, 2.24) is 34.2 Å². The monoisotopic (exact) mass is 366 g/mol. The van der Waals surface area contributed by atoms with Crippen molar-refractivity contribution in [3.8, 4) is 11.3 Å². The topological polar surface area (TPSA) is 104 Å². The maximum atomic E-state index is 12.6. The molecule has 1 N–H and O–H groups in total. The van der Waals surface area contributed by atoms with Gasteiger partial charge in [-0.3, -0.25) is 9.48 Å². The van der Waals surface area contributed by atoms with Crippen molar-refractivity contribution in [3.05, 3.63) is 48.3 Å². The van der Waals surface area contributed by atoms with Crippen molar-refractivity contribution in [2.24, 2.45) is 7.05 Å². The van der Waals surface area contributed by atoms with E-state index in [1.165, 1.54) is 0 Å². The number of amides is 1. The highest BCUT2D eigenvalue weighted by Gasteiger charge is 2.16. The lowest BCUT2D eigenvalue weighted by Gasteiger charge is -2.03. The fourth-order valence-corrected chi connectivity index (χ4v) is 2.79. The minimum atomic E-state index is -0.341. The predicted octanol–water partition coefficient (Wildman–Crippen LogP) is 1.49. The molecule has 4 rings (SSSR count). The molecular weight excluding hydrogens is 348 g/mol. The number of aromatic nitrogens is 7. The first kappa shape index (κ1) is 16.9. The highest BCUT2D eigenvalue weighted by molar-refractivity contribution is 6.03. The van der Waals surface area contributed by atoms with E-state index >= 15 is 0 Å². The third kappa shape index (κ3) is 3.06. The molecule has 10 heteroatoms. The Bertz CT molecular complexity index is 1120. The van der Waals surface area contributed by atoms with Gasteiger partial charge in [0.05, 0.1) is 30.0 Å². The van der Waals surface area contributed by atoms with Crippen molar-refractivity contribution in [2.75, 3.05) is 12.4 Å². The van der Waals surface area contributed by atoms with Crippen LogP contribution in [-0.4, -0.2) is 47.2 Å². The van der Waals surface area contributed by atoms with Gasteiger partial charge in [0.1, 0.15) is 6.73 Å². The van der Waals surface area contributed by atoms with Crippen molar-refractivity contribution in [3.63, 3.8) is 0 Å². The third-order valence-corrected chi connectivity index (χ3v) is 4.25. The lowest BCUT2D eigenvalue weighted by atomic mass is 10.2. The van der Waals surface area contributed by atoms with Crippen LogP contribution < -0.4 is 5.32 Å². The van der Waals surface area contributed by atoms with Gasteiger partial charge in [0.15, 0.2) is 11.3 Å². The normalized spacial score (nSPS) is 11.2. The van der Waals surface area contributed by atoms with Gasteiger partial charge in [0.2, 0.25) is 0 Å². The van der Waals surface area contributed by atoms with Crippen molar-refractivity contribution in [1.29, 1.82) is 0 Å². The first-order chi connectivity index (χ1) is 13.1. The quantitative estimate of drug-likeness (QED) is 0.574. The van der Waals surface area contributed by atoms with Crippen LogP contribution in [0.5, 0.6) is 0 Å². The van der Waals surface area contributed by atoms with E-state index in [1.54, 1.807) is 51.8 Å². The number of nitrogens with zero attached hydrogens (tertiary/aromatic N) is 7. The Morgan fingerprint density at radius 3 is 2.89 bits per heavy atom. The van der Waals surface area contributed by atoms with Gasteiger partial charge >= 0.3 is 0 Å². The third-order valence-electron chi connectivity index (χ3n) is 4.25. The van der Waals surface area contributed by atoms with Crippen molar-refractivity contribution >= 4 is 17.2 Å². The zero-order valence-electron chi connectivity index (χ0n) is 15.1. The number of hydrogen-bond acceptors (Lipinski definition) is 6. The molecule has 1 amide bonds. The molecular formula is C17H18N8O2. The molecule has 0 fully saturated rings. The summed E-state index contributed by atoms with van der Waals surface area (Å²) in [5.41, 5.74) is 4.14. The van der Waals surface area contributed by atoms with E-state index in [-0.39, 0.29) is 11.6 Å². The average Bonchev–Trinajstić information content (AvgIpc) is 3.35. The predicted molar refractivity (Wildman–Crippen MR) is 97.1 cm³/mol. The highest BCUT2D eigenvalue weighted by atomic mass is 16.5. The van der Waals surface area contributed by atoms with Crippen LogP contribution in [0.25, 0.3) is 16.9 Å². The van der Waals surface area contributed by atoms with Gasteiger partial charge < -0.3 is 10.1 Å². The highest BCUT2D eigenvalue weighted by Crippen LogP contribution is 2.23. The van der Waals surface area contributed by atoms with Gasteiger partial charge in [-0.25, -0.2) is 14.2 Å². The van der Waals surface area contributed by atoms with Crippen LogP contribution in [0.15, 0.2) is 36.9 Å². The number of rotatable bonds is 5. The molecule has 0 aliphatic rings. The maximum absolute atomic E-state index is 12.6. The van der Waals surface area contributed by atoms with Crippen LogP contribution in [0.3, 0.4) is 0 Å². The summed E-state index contributed by atoms with van der Waals surface area (Å²) in [5, 5.41) is 15.6. The van der Waals surface area contributed by atoms with Crippen LogP contribution in [-0.2, 0) is 18.5 Å². The lowest BCUT2D eigenvalue weighted by Crippen LogP contribution is -2.12. The summed E-state index contributed by atoms with van der Waals surface area (Å²) in [6.45, 7) is 2.28. The summed E-state index contributed by atoms with van der Waals surface area (Å²) in [4.78, 5) is 16.9. The second-order valence-electron chi connectivity index (χ2n) is 6.04. The van der Waals surface area contributed by atoms with E-state index in [2.05, 4.69) is 25.6 Å². The Morgan fingerprint density at radius 1 is 1.30 bits per heavy atom. The zero-order valence-corrected chi connectivity index (χ0v) is 15.1. The number of carbonyl (C=O) groups is 1. The minimum absolute atomic E-state index is 0.260. The molecule has 4 aromatic rings. The van der Waals surface area contributed by atoms with Gasteiger partial charge in [-0.2, -0.15) is 15.3 Å². The van der Waals surface area contributed by atoms with E-state index in [0.29, 0.717) is 18.1 Å². The number of fused-ring (bicyclic) bond motifs is 1. The first-order valence-corrected chi connectivity index (χ1v) is 8.23. The summed E-state index contributed by atoms with van der Waals surface area (Å²) in [7, 11) is 3.45. The van der Waals surface area contributed by atoms with Gasteiger partial charge in [0, 0.05) is 37.7 Å². The molecule has 0 atom stereocenters. The van der Waals surface area contributed by atoms with E-state index in [4.69, 9.17) is 4.74 Å². The SMILES string of the molecule is COCn1cc(NC(=O)c2cc3nccc(-c4cnn(C)c4C)n3n2)cn1. The average molecular weight is 366 g/mol. The number of ether oxygens (including phenoxy) is 1. The molecule has 0 aliphatic carbocycles. The molecule has 0 bridgehead atoms. The lowest BCUT2D eigenvalue weighted by molar-refractivity contribution is 0.102. The van der Waals surface area contributed by atoms with Crippen molar-refractivity contribution < 1.29 is 9.53 Å². The Morgan fingerprint density at radius 2 is 2.15 bits per heavy atom. The Kier molecular flexibility index (Phi) is 4.16. The van der Waals surface area contributed by atoms with Crippen molar-refractivity contribution in [2.45, 2.75) is 13.7 Å². The molecule has 10 nitrogen and oxygen atoms in total. The molecule has 4 heterocycles. The van der Waals surface area contributed by atoms with Crippen LogP contribution >= 0.6 is 0 Å². The Labute approximate surface area is 154 Å². The minimum Gasteiger partial charge on any atom is -0.362 e. The maximum Gasteiger partial charge on any atom is 0.276 e. The number of carbonyl (C=O) groups excluding carboxylic acids is 1. The van der Waals surface area contributed by atoms with Crippen LogP contribution in [0.4, 0.5) is 5.69 Å². The number of anilines is 1. The fourth-order valence-electron chi connectivity index (χ4n) is 2.79. The molecule has 0 aliphatic heterocycles. The summed E-state index contributed by atoms with van der Waals surface area (Å²) < 4.78 is 10.0.